The summed E-state index contributed by atoms with van der Waals surface area (Å²) in [7, 11) is 1.79. The predicted molar refractivity (Wildman–Crippen MR) is 79.0 cm³/mol. The lowest BCUT2D eigenvalue weighted by Crippen LogP contribution is -2.47. The average molecular weight is 280 g/mol. The quantitative estimate of drug-likeness (QED) is 0.901. The van der Waals surface area contributed by atoms with Crippen LogP contribution in [0.5, 0.6) is 0 Å². The number of rotatable bonds is 5. The fourth-order valence-corrected chi connectivity index (χ4v) is 2.86. The molecule has 1 aliphatic heterocycles. The molecule has 2 atom stereocenters. The van der Waals surface area contributed by atoms with Gasteiger partial charge >= 0.3 is 0 Å². The molecule has 2 N–H and O–H groups in total. The first-order chi connectivity index (χ1) is 9.52. The van der Waals surface area contributed by atoms with Gasteiger partial charge in [0.1, 0.15) is 5.82 Å². The molecule has 0 aromatic heterocycles. The van der Waals surface area contributed by atoms with E-state index in [1.165, 1.54) is 12.1 Å². The zero-order chi connectivity index (χ0) is 14.6. The van der Waals surface area contributed by atoms with Gasteiger partial charge in [-0.25, -0.2) is 4.39 Å². The minimum absolute atomic E-state index is 0.0295. The van der Waals surface area contributed by atoms with E-state index in [1.807, 2.05) is 0 Å². The molecule has 1 saturated heterocycles. The van der Waals surface area contributed by atoms with Crippen LogP contribution in [0.3, 0.4) is 0 Å². The third kappa shape index (κ3) is 4.01. The van der Waals surface area contributed by atoms with Crippen LogP contribution >= 0.6 is 0 Å². The van der Waals surface area contributed by atoms with Crippen molar-refractivity contribution in [2.75, 3.05) is 26.7 Å². The highest BCUT2D eigenvalue weighted by atomic mass is 19.1. The monoisotopic (exact) mass is 280 g/mol. The molecule has 112 valence electrons. The van der Waals surface area contributed by atoms with E-state index in [0.717, 1.165) is 44.5 Å². The van der Waals surface area contributed by atoms with Crippen molar-refractivity contribution in [3.05, 3.63) is 35.6 Å². The number of nitrogens with zero attached hydrogens (tertiary/aromatic N) is 1. The lowest BCUT2D eigenvalue weighted by atomic mass is 9.94. The Hall–Kier alpha value is -0.970. The van der Waals surface area contributed by atoms with E-state index in [-0.39, 0.29) is 17.5 Å². The number of ether oxygens (including phenoxy) is 1. The smallest absolute Gasteiger partial charge is 0.123 e. The van der Waals surface area contributed by atoms with Crippen LogP contribution in [0.25, 0.3) is 0 Å². The van der Waals surface area contributed by atoms with Crippen LogP contribution in [0.15, 0.2) is 24.3 Å². The molecule has 1 fully saturated rings. The molecular weight excluding hydrogens is 255 g/mol. The number of nitrogens with two attached hydrogens (primary N) is 1. The summed E-state index contributed by atoms with van der Waals surface area (Å²) in [5.41, 5.74) is 7.15. The summed E-state index contributed by atoms with van der Waals surface area (Å²) in [6.07, 6.45) is 3.16. The maximum atomic E-state index is 12.9. The fourth-order valence-electron chi connectivity index (χ4n) is 2.86. The Labute approximate surface area is 120 Å². The van der Waals surface area contributed by atoms with E-state index in [9.17, 15) is 4.39 Å². The molecule has 1 aliphatic rings. The summed E-state index contributed by atoms with van der Waals surface area (Å²) in [6, 6.07) is 6.45. The first kappa shape index (κ1) is 15.4. The van der Waals surface area contributed by atoms with Crippen LogP contribution in [0.1, 0.15) is 37.8 Å². The van der Waals surface area contributed by atoms with Crippen LogP contribution in [0.2, 0.25) is 0 Å². The fraction of sp³-hybridized carbons (Fsp3) is 0.625. The van der Waals surface area contributed by atoms with E-state index >= 15 is 0 Å². The van der Waals surface area contributed by atoms with Crippen LogP contribution in [0.4, 0.5) is 4.39 Å². The highest BCUT2D eigenvalue weighted by molar-refractivity contribution is 5.19. The molecule has 20 heavy (non-hydrogen) atoms. The van der Waals surface area contributed by atoms with Gasteiger partial charge in [0.25, 0.3) is 0 Å². The van der Waals surface area contributed by atoms with E-state index in [0.29, 0.717) is 0 Å². The van der Waals surface area contributed by atoms with Crippen LogP contribution in [0, 0.1) is 5.82 Å². The van der Waals surface area contributed by atoms with Crippen molar-refractivity contribution >= 4 is 0 Å². The number of halogens is 1. The Bertz CT molecular complexity index is 423. The van der Waals surface area contributed by atoms with Crippen molar-refractivity contribution in [3.8, 4) is 0 Å². The molecule has 0 saturated carbocycles. The molecule has 1 aromatic rings. The molecule has 1 heterocycles. The molecule has 2 unspecified atom stereocenters. The summed E-state index contributed by atoms with van der Waals surface area (Å²) in [5.74, 6) is -0.215. The van der Waals surface area contributed by atoms with Crippen molar-refractivity contribution in [1.29, 1.82) is 0 Å². The highest BCUT2D eigenvalue weighted by Gasteiger charge is 2.30. The zero-order valence-corrected chi connectivity index (χ0v) is 12.4. The summed E-state index contributed by atoms with van der Waals surface area (Å²) in [4.78, 5) is 2.41. The van der Waals surface area contributed by atoms with Gasteiger partial charge in [0.15, 0.2) is 0 Å². The van der Waals surface area contributed by atoms with Crippen LogP contribution in [-0.4, -0.2) is 37.2 Å². The molecule has 0 spiro atoms. The van der Waals surface area contributed by atoms with Crippen molar-refractivity contribution < 1.29 is 9.13 Å². The Balaban J connectivity index is 1.84. The van der Waals surface area contributed by atoms with Crippen molar-refractivity contribution in [2.24, 2.45) is 5.73 Å². The summed E-state index contributed by atoms with van der Waals surface area (Å²) >= 11 is 0. The first-order valence-corrected chi connectivity index (χ1v) is 7.31. The average Bonchev–Trinajstić information content (AvgIpc) is 2.46. The third-order valence-corrected chi connectivity index (χ3v) is 4.29. The van der Waals surface area contributed by atoms with Gasteiger partial charge in [-0.1, -0.05) is 12.1 Å². The second-order valence-corrected chi connectivity index (χ2v) is 5.98. The highest BCUT2D eigenvalue weighted by Crippen LogP contribution is 2.24. The molecule has 0 radical (unpaired) electrons. The van der Waals surface area contributed by atoms with Gasteiger partial charge in [-0.05, 0) is 50.4 Å². The number of piperidine rings is 1. The Morgan fingerprint density at radius 2 is 2.10 bits per heavy atom. The summed E-state index contributed by atoms with van der Waals surface area (Å²) in [5, 5.41) is 0. The van der Waals surface area contributed by atoms with Crippen molar-refractivity contribution in [3.63, 3.8) is 0 Å². The lowest BCUT2D eigenvalue weighted by Gasteiger charge is -2.39. The minimum atomic E-state index is -0.215. The van der Waals surface area contributed by atoms with E-state index < -0.39 is 0 Å². The standard InChI is InChI=1S/C16H25FN2O/c1-16(20-2)9-3-10-19(12-16)11-8-15(18)13-4-6-14(17)7-5-13/h4-7,15H,3,8-12,18H2,1-2H3. The molecule has 0 amide bonds. The normalized spacial score (nSPS) is 25.6. The van der Waals surface area contributed by atoms with Crippen LogP contribution < -0.4 is 5.73 Å². The van der Waals surface area contributed by atoms with Gasteiger partial charge in [0.05, 0.1) is 5.60 Å². The molecule has 3 nitrogen and oxygen atoms in total. The predicted octanol–water partition coefficient (Wildman–Crippen LogP) is 2.72. The number of benzene rings is 1. The van der Waals surface area contributed by atoms with Gasteiger partial charge in [-0.15, -0.1) is 0 Å². The number of methoxy groups -OCH3 is 1. The van der Waals surface area contributed by atoms with Crippen molar-refractivity contribution in [2.45, 2.75) is 37.8 Å². The molecular formula is C16H25FN2O. The largest absolute Gasteiger partial charge is 0.377 e. The lowest BCUT2D eigenvalue weighted by molar-refractivity contribution is -0.0510. The van der Waals surface area contributed by atoms with E-state index in [2.05, 4.69) is 11.8 Å². The Morgan fingerprint density at radius 3 is 2.75 bits per heavy atom. The number of hydrogen-bond acceptors (Lipinski definition) is 3. The second-order valence-electron chi connectivity index (χ2n) is 5.98. The zero-order valence-electron chi connectivity index (χ0n) is 12.4. The van der Waals surface area contributed by atoms with Gasteiger partial charge < -0.3 is 15.4 Å². The van der Waals surface area contributed by atoms with Gasteiger partial charge in [-0.3, -0.25) is 0 Å². The Morgan fingerprint density at radius 1 is 1.40 bits per heavy atom. The molecule has 1 aromatic carbocycles. The summed E-state index contributed by atoms with van der Waals surface area (Å²) < 4.78 is 18.5. The minimum Gasteiger partial charge on any atom is -0.377 e. The first-order valence-electron chi connectivity index (χ1n) is 7.31. The van der Waals surface area contributed by atoms with Gasteiger partial charge in [0.2, 0.25) is 0 Å². The number of hydrogen-bond donors (Lipinski definition) is 1. The van der Waals surface area contributed by atoms with E-state index in [4.69, 9.17) is 10.5 Å². The Kier molecular flexibility index (Phi) is 5.13. The van der Waals surface area contributed by atoms with Gasteiger partial charge in [0, 0.05) is 26.2 Å². The van der Waals surface area contributed by atoms with Gasteiger partial charge in [-0.2, -0.15) is 0 Å². The maximum absolute atomic E-state index is 12.9. The maximum Gasteiger partial charge on any atom is 0.123 e. The molecule has 2 rings (SSSR count). The topological polar surface area (TPSA) is 38.5 Å². The SMILES string of the molecule is COC1(C)CCCN(CCC(N)c2ccc(F)cc2)C1. The molecule has 4 heteroatoms. The number of likely N-dealkylation sites (tertiary alicyclic amines) is 1. The van der Waals surface area contributed by atoms with Crippen molar-refractivity contribution in [1.82, 2.24) is 4.90 Å². The molecule has 0 bridgehead atoms. The summed E-state index contributed by atoms with van der Waals surface area (Å²) in [6.45, 7) is 5.19. The molecule has 0 aliphatic carbocycles. The third-order valence-electron chi connectivity index (χ3n) is 4.29. The van der Waals surface area contributed by atoms with E-state index in [1.54, 1.807) is 19.2 Å². The van der Waals surface area contributed by atoms with Crippen LogP contribution in [-0.2, 0) is 4.74 Å². The second kappa shape index (κ2) is 6.66.